The monoisotopic (exact) mass is 512 g/mol. The molecule has 190 valence electrons. The van der Waals surface area contributed by atoms with Gasteiger partial charge < -0.3 is 9.13 Å². The molecular formula is C38H28N2. The van der Waals surface area contributed by atoms with Crippen molar-refractivity contribution in [3.05, 3.63) is 145 Å². The fourth-order valence-corrected chi connectivity index (χ4v) is 6.59. The first-order chi connectivity index (χ1) is 19.7. The second-order valence-electron chi connectivity index (χ2n) is 10.8. The minimum atomic E-state index is 1.17. The van der Waals surface area contributed by atoms with Crippen LogP contribution in [-0.2, 0) is 0 Å². The highest BCUT2D eigenvalue weighted by molar-refractivity contribution is 6.26. The molecule has 0 saturated carbocycles. The van der Waals surface area contributed by atoms with Crippen molar-refractivity contribution in [3.63, 3.8) is 0 Å². The number of hydrogen-bond acceptors (Lipinski definition) is 0. The molecule has 8 rings (SSSR count). The zero-order chi connectivity index (χ0) is 26.8. The fraction of sp³-hybridized carbons (Fsp3) is 0.0526. The molecule has 8 aromatic rings. The number of nitrogens with zero attached hydrogens (tertiary/aromatic N) is 2. The van der Waals surface area contributed by atoms with Crippen LogP contribution in [0.2, 0.25) is 0 Å². The molecule has 0 aliphatic heterocycles. The summed E-state index contributed by atoms with van der Waals surface area (Å²) in [6.07, 6.45) is 0. The first-order valence-corrected chi connectivity index (χ1v) is 13.9. The summed E-state index contributed by atoms with van der Waals surface area (Å²) in [5, 5.41) is 5.10. The minimum Gasteiger partial charge on any atom is -0.309 e. The van der Waals surface area contributed by atoms with E-state index in [1.807, 2.05) is 0 Å². The van der Waals surface area contributed by atoms with Crippen LogP contribution in [0, 0.1) is 13.8 Å². The van der Waals surface area contributed by atoms with Gasteiger partial charge in [-0.25, -0.2) is 0 Å². The molecule has 0 spiro atoms. The highest BCUT2D eigenvalue weighted by Gasteiger charge is 2.20. The van der Waals surface area contributed by atoms with Crippen molar-refractivity contribution in [1.82, 2.24) is 9.13 Å². The van der Waals surface area contributed by atoms with E-state index in [2.05, 4.69) is 156 Å². The highest BCUT2D eigenvalue weighted by Crippen LogP contribution is 2.42. The number of aromatic nitrogens is 2. The van der Waals surface area contributed by atoms with Gasteiger partial charge in [-0.1, -0.05) is 91.0 Å². The fourth-order valence-electron chi connectivity index (χ4n) is 6.59. The van der Waals surface area contributed by atoms with Crippen LogP contribution in [-0.4, -0.2) is 9.13 Å². The van der Waals surface area contributed by atoms with Gasteiger partial charge in [-0.3, -0.25) is 0 Å². The Hall–Kier alpha value is -5.08. The van der Waals surface area contributed by atoms with E-state index >= 15 is 0 Å². The molecule has 0 N–H and O–H groups in total. The Balaban J connectivity index is 1.54. The topological polar surface area (TPSA) is 9.86 Å². The summed E-state index contributed by atoms with van der Waals surface area (Å²) in [4.78, 5) is 0. The zero-order valence-corrected chi connectivity index (χ0v) is 22.6. The van der Waals surface area contributed by atoms with E-state index in [0.29, 0.717) is 0 Å². The summed E-state index contributed by atoms with van der Waals surface area (Å²) in [6, 6.07) is 48.7. The molecule has 0 fully saturated rings. The van der Waals surface area contributed by atoms with Gasteiger partial charge in [0.05, 0.1) is 22.1 Å². The van der Waals surface area contributed by atoms with Crippen molar-refractivity contribution in [2.24, 2.45) is 0 Å². The van der Waals surface area contributed by atoms with E-state index in [-0.39, 0.29) is 0 Å². The molecular weight excluding hydrogens is 484 g/mol. The van der Waals surface area contributed by atoms with Gasteiger partial charge in [-0.05, 0) is 78.6 Å². The van der Waals surface area contributed by atoms with Crippen molar-refractivity contribution >= 4 is 43.6 Å². The molecule has 0 saturated heterocycles. The van der Waals surface area contributed by atoms with Crippen LogP contribution in [0.15, 0.2) is 133 Å². The number of fused-ring (bicyclic) bond motifs is 7. The molecule has 2 aromatic heterocycles. The van der Waals surface area contributed by atoms with Crippen LogP contribution in [0.5, 0.6) is 0 Å². The SMILES string of the molecule is Cc1cc(C)cc(-n2c3ccccc3c3c2ccc2c4ccccc4n(-c4cccc(-c5ccccc5)c4)c23)c1. The van der Waals surface area contributed by atoms with Crippen molar-refractivity contribution in [2.45, 2.75) is 13.8 Å². The lowest BCUT2D eigenvalue weighted by molar-refractivity contribution is 1.16. The van der Waals surface area contributed by atoms with E-state index < -0.39 is 0 Å². The predicted molar refractivity (Wildman–Crippen MR) is 170 cm³/mol. The third kappa shape index (κ3) is 3.36. The number of para-hydroxylation sites is 2. The Morgan fingerprint density at radius 2 is 1.05 bits per heavy atom. The quantitative estimate of drug-likeness (QED) is 0.223. The average Bonchev–Trinajstić information content (AvgIpc) is 3.50. The highest BCUT2D eigenvalue weighted by atomic mass is 15.0. The lowest BCUT2D eigenvalue weighted by atomic mass is 10.0. The van der Waals surface area contributed by atoms with Gasteiger partial charge in [0, 0.05) is 32.9 Å². The maximum atomic E-state index is 2.47. The number of aryl methyl sites for hydroxylation is 2. The summed E-state index contributed by atoms with van der Waals surface area (Å²) >= 11 is 0. The molecule has 0 atom stereocenters. The molecule has 0 amide bonds. The maximum absolute atomic E-state index is 2.47. The van der Waals surface area contributed by atoms with E-state index in [4.69, 9.17) is 0 Å². The van der Waals surface area contributed by atoms with Gasteiger partial charge in [0.25, 0.3) is 0 Å². The van der Waals surface area contributed by atoms with E-state index in [9.17, 15) is 0 Å². The van der Waals surface area contributed by atoms with Gasteiger partial charge in [-0.2, -0.15) is 0 Å². The maximum Gasteiger partial charge on any atom is 0.0641 e. The van der Waals surface area contributed by atoms with E-state index in [1.165, 1.54) is 77.2 Å². The molecule has 2 heterocycles. The smallest absolute Gasteiger partial charge is 0.0641 e. The van der Waals surface area contributed by atoms with E-state index in [0.717, 1.165) is 0 Å². The van der Waals surface area contributed by atoms with Crippen molar-refractivity contribution in [3.8, 4) is 22.5 Å². The molecule has 2 heteroatoms. The Labute approximate surface area is 233 Å². The van der Waals surface area contributed by atoms with Crippen molar-refractivity contribution < 1.29 is 0 Å². The largest absolute Gasteiger partial charge is 0.309 e. The van der Waals surface area contributed by atoms with Gasteiger partial charge in [-0.15, -0.1) is 0 Å². The number of benzene rings is 6. The van der Waals surface area contributed by atoms with Gasteiger partial charge in [0.15, 0.2) is 0 Å². The first kappa shape index (κ1) is 22.9. The van der Waals surface area contributed by atoms with Gasteiger partial charge >= 0.3 is 0 Å². The minimum absolute atomic E-state index is 1.17. The van der Waals surface area contributed by atoms with Crippen LogP contribution in [0.25, 0.3) is 66.1 Å². The second-order valence-corrected chi connectivity index (χ2v) is 10.8. The third-order valence-corrected chi connectivity index (χ3v) is 8.15. The average molecular weight is 513 g/mol. The van der Waals surface area contributed by atoms with Crippen molar-refractivity contribution in [1.29, 1.82) is 0 Å². The Morgan fingerprint density at radius 3 is 1.82 bits per heavy atom. The summed E-state index contributed by atoms with van der Waals surface area (Å²) in [5.41, 5.74) is 12.3. The Morgan fingerprint density at radius 1 is 0.400 bits per heavy atom. The third-order valence-electron chi connectivity index (χ3n) is 8.15. The molecule has 2 nitrogen and oxygen atoms in total. The van der Waals surface area contributed by atoms with Crippen LogP contribution in [0.1, 0.15) is 11.1 Å². The van der Waals surface area contributed by atoms with Crippen LogP contribution in [0.3, 0.4) is 0 Å². The Kier molecular flexibility index (Phi) is 4.99. The molecule has 0 aliphatic carbocycles. The number of rotatable bonds is 3. The van der Waals surface area contributed by atoms with Gasteiger partial charge in [0.1, 0.15) is 0 Å². The Bertz CT molecular complexity index is 2210. The molecule has 0 unspecified atom stereocenters. The zero-order valence-electron chi connectivity index (χ0n) is 22.6. The summed E-state index contributed by atoms with van der Waals surface area (Å²) in [5.74, 6) is 0. The van der Waals surface area contributed by atoms with Crippen LogP contribution >= 0.6 is 0 Å². The normalized spacial score (nSPS) is 11.8. The van der Waals surface area contributed by atoms with Gasteiger partial charge in [0.2, 0.25) is 0 Å². The molecule has 6 aromatic carbocycles. The standard InChI is InChI=1S/C38H28N2/c1-25-21-26(2)23-30(22-25)39-35-18-9-7-16-33(35)37-36(39)20-19-32-31-15-6-8-17-34(31)40(38(32)37)29-14-10-13-28(24-29)27-11-4-3-5-12-27/h3-24H,1-2H3. The van der Waals surface area contributed by atoms with Crippen molar-refractivity contribution in [2.75, 3.05) is 0 Å². The summed E-state index contributed by atoms with van der Waals surface area (Å²) in [6.45, 7) is 4.36. The second kappa shape index (κ2) is 8.72. The summed E-state index contributed by atoms with van der Waals surface area (Å²) < 4.78 is 4.91. The van der Waals surface area contributed by atoms with Crippen LogP contribution in [0.4, 0.5) is 0 Å². The molecule has 0 aliphatic rings. The lowest BCUT2D eigenvalue weighted by Crippen LogP contribution is -1.96. The predicted octanol–water partition coefficient (Wildman–Crippen LogP) is 10.2. The lowest BCUT2D eigenvalue weighted by Gasteiger charge is -2.12. The van der Waals surface area contributed by atoms with Crippen LogP contribution < -0.4 is 0 Å². The number of hydrogen-bond donors (Lipinski definition) is 0. The molecule has 0 bridgehead atoms. The molecule has 40 heavy (non-hydrogen) atoms. The first-order valence-electron chi connectivity index (χ1n) is 13.9. The van der Waals surface area contributed by atoms with E-state index in [1.54, 1.807) is 0 Å². The molecule has 0 radical (unpaired) electrons. The summed E-state index contributed by atoms with van der Waals surface area (Å²) in [7, 11) is 0.